The molecular formula is C29H28FN5OS. The van der Waals surface area contributed by atoms with E-state index in [2.05, 4.69) is 15.6 Å². The average Bonchev–Trinajstić information content (AvgIpc) is 3.50. The smallest absolute Gasteiger partial charge is 0.226 e. The molecule has 0 unspecified atom stereocenters. The van der Waals surface area contributed by atoms with Gasteiger partial charge in [-0.15, -0.1) is 0 Å². The number of carbonyl (C=O) groups is 1. The molecule has 0 saturated carbocycles. The van der Waals surface area contributed by atoms with Gasteiger partial charge in [0, 0.05) is 35.4 Å². The van der Waals surface area contributed by atoms with Crippen molar-refractivity contribution in [3.05, 3.63) is 108 Å². The van der Waals surface area contributed by atoms with Crippen LogP contribution in [0.1, 0.15) is 42.9 Å². The van der Waals surface area contributed by atoms with Gasteiger partial charge in [-0.05, 0) is 79.3 Å². The summed E-state index contributed by atoms with van der Waals surface area (Å²) < 4.78 is 16.7. The number of pyridine rings is 1. The SMILES string of the molecule is Cc1cc(N2C(=S)N[C@H](c3ccccn3)[C@H]2c2cccn2-c2ccccc2F)ccc1NC(=O)C(C)C. The molecule has 8 heteroatoms. The van der Waals surface area contributed by atoms with Gasteiger partial charge >= 0.3 is 0 Å². The highest BCUT2D eigenvalue weighted by Crippen LogP contribution is 2.43. The molecule has 0 radical (unpaired) electrons. The maximum absolute atomic E-state index is 14.9. The Balaban J connectivity index is 1.61. The number of aryl methyl sites for hydroxylation is 1. The lowest BCUT2D eigenvalue weighted by atomic mass is 10.00. The van der Waals surface area contributed by atoms with Crippen LogP contribution in [-0.2, 0) is 4.79 Å². The summed E-state index contributed by atoms with van der Waals surface area (Å²) in [6.45, 7) is 5.68. The molecule has 37 heavy (non-hydrogen) atoms. The molecule has 2 aromatic heterocycles. The lowest BCUT2D eigenvalue weighted by Gasteiger charge is -2.29. The molecule has 3 heterocycles. The zero-order chi connectivity index (χ0) is 26.1. The third-order valence-electron chi connectivity index (χ3n) is 6.56. The lowest BCUT2D eigenvalue weighted by molar-refractivity contribution is -0.118. The van der Waals surface area contributed by atoms with Crippen LogP contribution >= 0.6 is 12.2 Å². The first-order valence-corrected chi connectivity index (χ1v) is 12.6. The summed E-state index contributed by atoms with van der Waals surface area (Å²) in [7, 11) is 0. The second-order valence-electron chi connectivity index (χ2n) is 9.39. The van der Waals surface area contributed by atoms with Gasteiger partial charge in [0.15, 0.2) is 5.11 Å². The van der Waals surface area contributed by atoms with Crippen LogP contribution in [0, 0.1) is 18.7 Å². The highest BCUT2D eigenvalue weighted by atomic mass is 32.1. The van der Waals surface area contributed by atoms with E-state index in [9.17, 15) is 9.18 Å². The normalized spacial score (nSPS) is 17.2. The Labute approximate surface area is 221 Å². The van der Waals surface area contributed by atoms with Gasteiger partial charge in [0.25, 0.3) is 0 Å². The molecule has 4 aromatic rings. The minimum Gasteiger partial charge on any atom is -0.351 e. The Morgan fingerprint density at radius 2 is 1.86 bits per heavy atom. The first-order chi connectivity index (χ1) is 17.8. The number of rotatable bonds is 6. The average molecular weight is 514 g/mol. The summed E-state index contributed by atoms with van der Waals surface area (Å²) in [6.07, 6.45) is 3.62. The summed E-state index contributed by atoms with van der Waals surface area (Å²) in [5, 5.41) is 6.98. The van der Waals surface area contributed by atoms with Crippen molar-refractivity contribution < 1.29 is 9.18 Å². The highest BCUT2D eigenvalue weighted by Gasteiger charge is 2.42. The molecule has 0 spiro atoms. The molecule has 0 aliphatic carbocycles. The van der Waals surface area contributed by atoms with Crippen molar-refractivity contribution in [2.45, 2.75) is 32.9 Å². The number of aromatic nitrogens is 2. The van der Waals surface area contributed by atoms with Crippen LogP contribution in [0.25, 0.3) is 5.69 Å². The number of nitrogens with one attached hydrogen (secondary N) is 2. The molecule has 2 atom stereocenters. The number of hydrogen-bond donors (Lipinski definition) is 2. The predicted molar refractivity (Wildman–Crippen MR) is 148 cm³/mol. The summed E-state index contributed by atoms with van der Waals surface area (Å²) in [6, 6.07) is 21.7. The molecular weight excluding hydrogens is 485 g/mol. The zero-order valence-corrected chi connectivity index (χ0v) is 21.7. The van der Waals surface area contributed by atoms with E-state index in [0.717, 1.165) is 28.3 Å². The maximum atomic E-state index is 14.9. The standard InChI is InChI=1S/C29H28FN5OS/c1-18(2)28(36)32-22-14-13-20(17-19(22)3)35-27(26(33-29(35)37)23-10-6-7-15-31-23)25-12-8-16-34(25)24-11-5-4-9-21(24)30/h4-18,26-27H,1-3H3,(H,32,36)(H,33,37)/t26-,27-/m1/s1. The fraction of sp³-hybridized carbons (Fsp3) is 0.207. The van der Waals surface area contributed by atoms with Crippen LogP contribution in [0.5, 0.6) is 0 Å². The van der Waals surface area contributed by atoms with Crippen LogP contribution < -0.4 is 15.5 Å². The van der Waals surface area contributed by atoms with Gasteiger partial charge in [0.2, 0.25) is 5.91 Å². The van der Waals surface area contributed by atoms with E-state index in [4.69, 9.17) is 12.2 Å². The van der Waals surface area contributed by atoms with Gasteiger partial charge in [0.1, 0.15) is 11.9 Å². The van der Waals surface area contributed by atoms with E-state index < -0.39 is 0 Å². The highest BCUT2D eigenvalue weighted by molar-refractivity contribution is 7.80. The fourth-order valence-electron chi connectivity index (χ4n) is 4.65. The molecule has 6 nitrogen and oxygen atoms in total. The second-order valence-corrected chi connectivity index (χ2v) is 9.78. The van der Waals surface area contributed by atoms with Gasteiger partial charge < -0.3 is 20.1 Å². The number of thiocarbonyl (C=S) groups is 1. The van der Waals surface area contributed by atoms with Crippen LogP contribution in [0.15, 0.2) is 85.2 Å². The van der Waals surface area contributed by atoms with E-state index in [-0.39, 0.29) is 29.7 Å². The van der Waals surface area contributed by atoms with Crippen LogP contribution in [-0.4, -0.2) is 20.6 Å². The van der Waals surface area contributed by atoms with Crippen molar-refractivity contribution in [3.63, 3.8) is 0 Å². The fourth-order valence-corrected chi connectivity index (χ4v) is 5.00. The maximum Gasteiger partial charge on any atom is 0.226 e. The predicted octanol–water partition coefficient (Wildman–Crippen LogP) is 6.09. The molecule has 0 bridgehead atoms. The van der Waals surface area contributed by atoms with Crippen molar-refractivity contribution in [1.82, 2.24) is 14.9 Å². The molecule has 2 aromatic carbocycles. The largest absolute Gasteiger partial charge is 0.351 e. The summed E-state index contributed by atoms with van der Waals surface area (Å²) >= 11 is 5.85. The van der Waals surface area contributed by atoms with E-state index in [1.165, 1.54) is 6.07 Å². The van der Waals surface area contributed by atoms with Gasteiger partial charge in [0.05, 0.1) is 17.4 Å². The summed E-state index contributed by atoms with van der Waals surface area (Å²) in [5.74, 6) is -0.468. The van der Waals surface area contributed by atoms with Gasteiger partial charge in [-0.1, -0.05) is 32.0 Å². The number of carbonyl (C=O) groups excluding carboxylic acids is 1. The Kier molecular flexibility index (Phi) is 6.76. The van der Waals surface area contributed by atoms with Crippen LogP contribution in [0.4, 0.5) is 15.8 Å². The van der Waals surface area contributed by atoms with E-state index in [1.54, 1.807) is 18.3 Å². The second kappa shape index (κ2) is 10.1. The first-order valence-electron chi connectivity index (χ1n) is 12.2. The van der Waals surface area contributed by atoms with Crippen molar-refractivity contribution in [3.8, 4) is 5.69 Å². The Morgan fingerprint density at radius 3 is 2.57 bits per heavy atom. The monoisotopic (exact) mass is 513 g/mol. The van der Waals surface area contributed by atoms with Crippen LogP contribution in [0.2, 0.25) is 0 Å². The van der Waals surface area contributed by atoms with E-state index in [1.807, 2.05) is 91.0 Å². The van der Waals surface area contributed by atoms with Crippen molar-refractivity contribution in [2.75, 3.05) is 10.2 Å². The zero-order valence-electron chi connectivity index (χ0n) is 20.9. The van der Waals surface area contributed by atoms with Crippen molar-refractivity contribution >= 4 is 34.6 Å². The molecule has 1 amide bonds. The van der Waals surface area contributed by atoms with Crippen molar-refractivity contribution in [1.29, 1.82) is 0 Å². The Hall–Kier alpha value is -4.04. The Bertz CT molecular complexity index is 1450. The van der Waals surface area contributed by atoms with Gasteiger partial charge in [-0.3, -0.25) is 9.78 Å². The number of amides is 1. The molecule has 1 aliphatic heterocycles. The summed E-state index contributed by atoms with van der Waals surface area (Å²) in [4.78, 5) is 18.9. The van der Waals surface area contributed by atoms with Crippen molar-refractivity contribution in [2.24, 2.45) is 5.92 Å². The molecule has 1 aliphatic rings. The third-order valence-corrected chi connectivity index (χ3v) is 6.88. The lowest BCUT2D eigenvalue weighted by Crippen LogP contribution is -2.30. The van der Waals surface area contributed by atoms with E-state index in [0.29, 0.717) is 10.8 Å². The number of para-hydroxylation sites is 1. The third kappa shape index (κ3) is 4.72. The molecule has 188 valence electrons. The molecule has 2 N–H and O–H groups in total. The quantitative estimate of drug-likeness (QED) is 0.306. The first kappa shape index (κ1) is 24.6. The minimum absolute atomic E-state index is 0.0370. The summed E-state index contributed by atoms with van der Waals surface area (Å²) in [5.41, 5.74) is 4.69. The molecule has 1 fully saturated rings. The number of halogens is 1. The Morgan fingerprint density at radius 1 is 1.08 bits per heavy atom. The molecule has 1 saturated heterocycles. The van der Waals surface area contributed by atoms with Gasteiger partial charge in [-0.25, -0.2) is 4.39 Å². The van der Waals surface area contributed by atoms with E-state index >= 15 is 0 Å². The molecule has 5 rings (SSSR count). The minimum atomic E-state index is -0.312. The topological polar surface area (TPSA) is 62.2 Å². The number of nitrogens with zero attached hydrogens (tertiary/aromatic N) is 3. The van der Waals surface area contributed by atoms with Crippen LogP contribution in [0.3, 0.4) is 0 Å². The number of benzene rings is 2. The van der Waals surface area contributed by atoms with Gasteiger partial charge in [-0.2, -0.15) is 0 Å². The number of anilines is 2. The number of hydrogen-bond acceptors (Lipinski definition) is 3.